The van der Waals surface area contributed by atoms with Gasteiger partial charge in [-0.15, -0.1) is 0 Å². The zero-order valence-electron chi connectivity index (χ0n) is 11.2. The molecule has 3 rings (SSSR count). The van der Waals surface area contributed by atoms with Gasteiger partial charge in [0.15, 0.2) is 0 Å². The molecule has 104 valence electrons. The topological polar surface area (TPSA) is 28.7 Å². The Hall–Kier alpha value is -1.78. The first-order valence-electron chi connectivity index (χ1n) is 6.62. The third-order valence-electron chi connectivity index (χ3n) is 3.19. The molecule has 0 aliphatic rings. The van der Waals surface area contributed by atoms with Crippen molar-refractivity contribution in [2.75, 3.05) is 0 Å². The van der Waals surface area contributed by atoms with Crippen molar-refractivity contribution in [3.8, 4) is 11.3 Å². The molecule has 0 saturated heterocycles. The molecule has 0 fully saturated rings. The van der Waals surface area contributed by atoms with Gasteiger partial charge >= 0.3 is 0 Å². The Balaban J connectivity index is 2.04. The predicted molar refractivity (Wildman–Crippen MR) is 91.8 cm³/mol. The van der Waals surface area contributed by atoms with Crippen molar-refractivity contribution in [3.63, 3.8) is 0 Å². The van der Waals surface area contributed by atoms with Crippen LogP contribution in [0.2, 0.25) is 0 Å². The number of aromatic nitrogens is 2. The fourth-order valence-electron chi connectivity index (χ4n) is 2.18. The normalized spacial score (nSPS) is 10.5. The van der Waals surface area contributed by atoms with E-state index in [4.69, 9.17) is 12.2 Å². The maximum atomic E-state index is 5.37. The molecule has 0 unspecified atom stereocenters. The highest BCUT2D eigenvalue weighted by Crippen LogP contribution is 2.27. The van der Waals surface area contributed by atoms with Gasteiger partial charge in [-0.25, -0.2) is 4.98 Å². The van der Waals surface area contributed by atoms with E-state index in [1.165, 1.54) is 5.56 Å². The van der Waals surface area contributed by atoms with Gasteiger partial charge in [0.1, 0.15) is 10.5 Å². The highest BCUT2D eigenvalue weighted by atomic mass is 79.9. The average Bonchev–Trinajstić information content (AvgIpc) is 2.52. The van der Waals surface area contributed by atoms with Crippen LogP contribution in [0.3, 0.4) is 0 Å². The summed E-state index contributed by atoms with van der Waals surface area (Å²) in [4.78, 5) is 7.86. The van der Waals surface area contributed by atoms with E-state index in [0.717, 1.165) is 28.0 Å². The monoisotopic (exact) mass is 356 g/mol. The molecule has 0 amide bonds. The summed E-state index contributed by atoms with van der Waals surface area (Å²) in [6.45, 7) is 0. The first-order valence-corrected chi connectivity index (χ1v) is 7.82. The third-order valence-corrected chi connectivity index (χ3v) is 4.52. The Bertz CT molecular complexity index is 798. The van der Waals surface area contributed by atoms with E-state index >= 15 is 0 Å². The molecule has 3 aromatic rings. The average molecular weight is 357 g/mol. The Morgan fingerprint density at radius 1 is 0.952 bits per heavy atom. The first kappa shape index (κ1) is 14.2. The van der Waals surface area contributed by atoms with Crippen LogP contribution in [0.5, 0.6) is 0 Å². The smallest absolute Gasteiger partial charge is 0.144 e. The fraction of sp³-hybridized carbons (Fsp3) is 0.0588. The number of nitrogens with one attached hydrogen (secondary N) is 1. The first-order chi connectivity index (χ1) is 10.2. The summed E-state index contributed by atoms with van der Waals surface area (Å²) in [6.07, 6.45) is 0.734. The molecule has 2 nitrogen and oxygen atoms in total. The number of nitrogens with zero attached hydrogens (tertiary/aromatic N) is 1. The number of hydrogen-bond donors (Lipinski definition) is 1. The summed E-state index contributed by atoms with van der Waals surface area (Å²) < 4.78 is 1.42. The SMILES string of the molecule is S=c1nc(Cc2ccccc2)[nH]c(-c2ccccc2)c1Br. The van der Waals surface area contributed by atoms with E-state index in [0.29, 0.717) is 4.64 Å². The summed E-state index contributed by atoms with van der Waals surface area (Å²) in [5.41, 5.74) is 3.27. The molecule has 0 aliphatic heterocycles. The van der Waals surface area contributed by atoms with Gasteiger partial charge in [0.25, 0.3) is 0 Å². The predicted octanol–water partition coefficient (Wildman–Crippen LogP) is 5.16. The highest BCUT2D eigenvalue weighted by molar-refractivity contribution is 9.10. The lowest BCUT2D eigenvalue weighted by Crippen LogP contribution is -2.00. The molecule has 0 radical (unpaired) electrons. The zero-order chi connectivity index (χ0) is 14.7. The summed E-state index contributed by atoms with van der Waals surface area (Å²) in [6, 6.07) is 20.4. The molecule has 0 atom stereocenters. The lowest BCUT2D eigenvalue weighted by molar-refractivity contribution is 0.958. The maximum absolute atomic E-state index is 5.37. The molecule has 1 aromatic heterocycles. The Kier molecular flexibility index (Phi) is 4.27. The summed E-state index contributed by atoms with van der Waals surface area (Å²) in [7, 11) is 0. The molecule has 4 heteroatoms. The van der Waals surface area contributed by atoms with Gasteiger partial charge in [-0.2, -0.15) is 0 Å². The van der Waals surface area contributed by atoms with Crippen LogP contribution in [0.25, 0.3) is 11.3 Å². The number of halogens is 1. The minimum absolute atomic E-state index is 0.582. The van der Waals surface area contributed by atoms with Gasteiger partial charge in [0.05, 0.1) is 10.2 Å². The fourth-order valence-corrected chi connectivity index (χ4v) is 2.81. The van der Waals surface area contributed by atoms with Crippen molar-refractivity contribution < 1.29 is 0 Å². The minimum atomic E-state index is 0.582. The molecular formula is C17H13BrN2S. The number of aromatic amines is 1. The summed E-state index contributed by atoms with van der Waals surface area (Å²) in [5, 5.41) is 0. The van der Waals surface area contributed by atoms with E-state index in [9.17, 15) is 0 Å². The van der Waals surface area contributed by atoms with E-state index < -0.39 is 0 Å². The van der Waals surface area contributed by atoms with Gasteiger partial charge in [-0.1, -0.05) is 72.9 Å². The minimum Gasteiger partial charge on any atom is -0.342 e. The summed E-state index contributed by atoms with van der Waals surface area (Å²) >= 11 is 8.91. The van der Waals surface area contributed by atoms with Crippen molar-refractivity contribution in [1.82, 2.24) is 9.97 Å². The van der Waals surface area contributed by atoms with Crippen molar-refractivity contribution in [3.05, 3.63) is 81.2 Å². The molecular weight excluding hydrogens is 344 g/mol. The number of hydrogen-bond acceptors (Lipinski definition) is 2. The van der Waals surface area contributed by atoms with E-state index in [2.05, 4.69) is 50.2 Å². The van der Waals surface area contributed by atoms with Gasteiger partial charge < -0.3 is 4.98 Å². The van der Waals surface area contributed by atoms with Crippen LogP contribution in [0.4, 0.5) is 0 Å². The summed E-state index contributed by atoms with van der Waals surface area (Å²) in [5.74, 6) is 0.869. The van der Waals surface area contributed by atoms with E-state index in [1.807, 2.05) is 36.4 Å². The van der Waals surface area contributed by atoms with Crippen molar-refractivity contribution in [2.45, 2.75) is 6.42 Å². The molecule has 0 spiro atoms. The highest BCUT2D eigenvalue weighted by Gasteiger charge is 2.08. The Morgan fingerprint density at radius 3 is 2.24 bits per heavy atom. The lowest BCUT2D eigenvalue weighted by atomic mass is 10.1. The number of H-pyrrole nitrogens is 1. The van der Waals surface area contributed by atoms with Crippen LogP contribution < -0.4 is 0 Å². The standard InChI is InChI=1S/C17H13BrN2S/c18-15-16(13-9-5-2-6-10-13)19-14(20-17(15)21)11-12-7-3-1-4-8-12/h1-10H,11H2,(H,19,20,21). The molecule has 0 aliphatic carbocycles. The Labute approximate surface area is 137 Å². The molecule has 1 heterocycles. The van der Waals surface area contributed by atoms with Crippen LogP contribution in [0, 0.1) is 4.64 Å². The second kappa shape index (κ2) is 6.33. The molecule has 21 heavy (non-hydrogen) atoms. The van der Waals surface area contributed by atoms with Crippen molar-refractivity contribution in [2.24, 2.45) is 0 Å². The largest absolute Gasteiger partial charge is 0.342 e. The quantitative estimate of drug-likeness (QED) is 0.656. The second-order valence-corrected chi connectivity index (χ2v) is 5.89. The zero-order valence-corrected chi connectivity index (χ0v) is 13.6. The number of benzene rings is 2. The Morgan fingerprint density at radius 2 is 1.57 bits per heavy atom. The van der Waals surface area contributed by atoms with Crippen LogP contribution in [0.15, 0.2) is 65.1 Å². The lowest BCUT2D eigenvalue weighted by Gasteiger charge is -2.09. The van der Waals surface area contributed by atoms with E-state index in [1.54, 1.807) is 0 Å². The molecule has 0 saturated carbocycles. The van der Waals surface area contributed by atoms with E-state index in [-0.39, 0.29) is 0 Å². The van der Waals surface area contributed by atoms with Gasteiger partial charge in [0.2, 0.25) is 0 Å². The van der Waals surface area contributed by atoms with Crippen LogP contribution in [-0.2, 0) is 6.42 Å². The van der Waals surface area contributed by atoms with Gasteiger partial charge in [0, 0.05) is 6.42 Å². The van der Waals surface area contributed by atoms with Crippen molar-refractivity contribution in [1.29, 1.82) is 0 Å². The molecule has 2 aromatic carbocycles. The number of rotatable bonds is 3. The van der Waals surface area contributed by atoms with Crippen LogP contribution in [-0.4, -0.2) is 9.97 Å². The molecule has 1 N–H and O–H groups in total. The third kappa shape index (κ3) is 3.28. The molecule has 0 bridgehead atoms. The van der Waals surface area contributed by atoms with Crippen LogP contribution >= 0.6 is 28.1 Å². The van der Waals surface area contributed by atoms with Gasteiger partial charge in [-0.3, -0.25) is 0 Å². The van der Waals surface area contributed by atoms with Crippen molar-refractivity contribution >= 4 is 28.1 Å². The maximum Gasteiger partial charge on any atom is 0.144 e. The second-order valence-electron chi connectivity index (χ2n) is 4.71. The van der Waals surface area contributed by atoms with Gasteiger partial charge in [-0.05, 0) is 27.1 Å². The van der Waals surface area contributed by atoms with Crippen LogP contribution in [0.1, 0.15) is 11.4 Å².